The van der Waals surface area contributed by atoms with Gasteiger partial charge in [-0.05, 0) is 31.6 Å². The van der Waals surface area contributed by atoms with Gasteiger partial charge >= 0.3 is 0 Å². The maximum Gasteiger partial charge on any atom is 0.132 e. The van der Waals surface area contributed by atoms with Crippen LogP contribution in [0.5, 0.6) is 0 Å². The van der Waals surface area contributed by atoms with Gasteiger partial charge in [0.15, 0.2) is 0 Å². The molecule has 0 heterocycles. The van der Waals surface area contributed by atoms with Crippen LogP contribution in [0.1, 0.15) is 52.4 Å². The fourth-order valence-corrected chi connectivity index (χ4v) is 2.38. The van der Waals surface area contributed by atoms with E-state index in [1.54, 1.807) is 0 Å². The Morgan fingerprint density at radius 1 is 1.46 bits per heavy atom. The number of carbonyl (C=O) groups is 1. The van der Waals surface area contributed by atoms with E-state index < -0.39 is 0 Å². The van der Waals surface area contributed by atoms with Crippen LogP contribution in [0, 0.1) is 5.41 Å². The van der Waals surface area contributed by atoms with Gasteiger partial charge in [-0.15, -0.1) is 0 Å². The predicted molar refractivity (Wildman–Crippen MR) is 55.6 cm³/mol. The lowest BCUT2D eigenvalue weighted by Crippen LogP contribution is -2.28. The van der Waals surface area contributed by atoms with Gasteiger partial charge in [0.2, 0.25) is 0 Å². The van der Waals surface area contributed by atoms with E-state index in [-0.39, 0.29) is 0 Å². The Balaban J connectivity index is 2.68. The number of hydrogen-bond donors (Lipinski definition) is 0. The van der Waals surface area contributed by atoms with Crippen LogP contribution < -0.4 is 0 Å². The van der Waals surface area contributed by atoms with Crippen molar-refractivity contribution in [1.82, 2.24) is 0 Å². The second kappa shape index (κ2) is 4.08. The Labute approximate surface area is 81.2 Å². The molecule has 13 heavy (non-hydrogen) atoms. The third-order valence-electron chi connectivity index (χ3n) is 3.40. The minimum absolute atomic E-state index is 0.294. The molecule has 0 aliphatic heterocycles. The van der Waals surface area contributed by atoms with E-state index >= 15 is 0 Å². The Kier molecular flexibility index (Phi) is 3.29. The lowest BCUT2D eigenvalue weighted by Gasteiger charge is -2.37. The summed E-state index contributed by atoms with van der Waals surface area (Å²) in [5.74, 6) is 0.438. The highest BCUT2D eigenvalue weighted by Gasteiger charge is 2.34. The molecule has 0 radical (unpaired) electrons. The minimum atomic E-state index is 0.294. The molecule has 0 spiro atoms. The van der Waals surface area contributed by atoms with Gasteiger partial charge in [0, 0.05) is 12.8 Å². The number of allylic oxidation sites excluding steroid dienone is 1. The van der Waals surface area contributed by atoms with Gasteiger partial charge in [0.25, 0.3) is 0 Å². The van der Waals surface area contributed by atoms with Crippen molar-refractivity contribution in [1.29, 1.82) is 0 Å². The quantitative estimate of drug-likeness (QED) is 0.607. The molecule has 1 fully saturated rings. The van der Waals surface area contributed by atoms with E-state index in [9.17, 15) is 4.79 Å². The first-order chi connectivity index (χ1) is 6.10. The van der Waals surface area contributed by atoms with Crippen LogP contribution in [-0.2, 0) is 4.79 Å². The van der Waals surface area contributed by atoms with E-state index in [1.165, 1.54) is 18.4 Å². The maximum atomic E-state index is 11.1. The number of carbonyl (C=O) groups excluding carboxylic acids is 1. The molecule has 1 saturated carbocycles. The molecule has 0 bridgehead atoms. The van der Waals surface area contributed by atoms with Gasteiger partial charge in [0.1, 0.15) is 5.78 Å². The average Bonchev–Trinajstić information content (AvgIpc) is 2.09. The van der Waals surface area contributed by atoms with Crippen molar-refractivity contribution >= 4 is 5.78 Å². The lowest BCUT2D eigenvalue weighted by atomic mass is 9.67. The maximum absolute atomic E-state index is 11.1. The van der Waals surface area contributed by atoms with Gasteiger partial charge < -0.3 is 0 Å². The zero-order valence-electron chi connectivity index (χ0n) is 8.86. The molecule has 0 aromatic heterocycles. The Hall–Kier alpha value is -0.590. The molecule has 0 saturated heterocycles. The normalized spacial score (nSPS) is 21.5. The van der Waals surface area contributed by atoms with Crippen molar-refractivity contribution in [2.45, 2.75) is 52.4 Å². The minimum Gasteiger partial charge on any atom is -0.300 e. The second-order valence-electron chi connectivity index (χ2n) is 4.35. The number of rotatable bonds is 3. The summed E-state index contributed by atoms with van der Waals surface area (Å²) in [6.07, 6.45) is 6.01. The molecule has 0 N–H and O–H groups in total. The zero-order chi connectivity index (χ0) is 9.90. The topological polar surface area (TPSA) is 17.1 Å². The summed E-state index contributed by atoms with van der Waals surface area (Å²) in [5, 5.41) is 0. The second-order valence-corrected chi connectivity index (χ2v) is 4.35. The Morgan fingerprint density at radius 2 is 2.00 bits per heavy atom. The van der Waals surface area contributed by atoms with Gasteiger partial charge in [-0.2, -0.15) is 0 Å². The van der Waals surface area contributed by atoms with Gasteiger partial charge in [-0.3, -0.25) is 4.79 Å². The van der Waals surface area contributed by atoms with E-state index in [0.29, 0.717) is 11.2 Å². The van der Waals surface area contributed by atoms with E-state index in [0.717, 1.165) is 25.7 Å². The molecule has 1 nitrogen and oxygen atoms in total. The first-order valence-electron chi connectivity index (χ1n) is 5.28. The van der Waals surface area contributed by atoms with Crippen molar-refractivity contribution in [2.75, 3.05) is 0 Å². The van der Waals surface area contributed by atoms with Crippen LogP contribution >= 0.6 is 0 Å². The predicted octanol–water partition coefficient (Wildman–Crippen LogP) is 3.49. The fraction of sp³-hybridized carbons (Fsp3) is 0.750. The highest BCUT2D eigenvalue weighted by molar-refractivity contribution is 5.79. The molecular formula is C12H20O. The first-order valence-corrected chi connectivity index (χ1v) is 5.28. The summed E-state index contributed by atoms with van der Waals surface area (Å²) in [6, 6.07) is 0. The van der Waals surface area contributed by atoms with Crippen LogP contribution in [0.4, 0.5) is 0 Å². The number of Topliss-reactive ketones (excluding diaryl/α,β-unsaturated/α-hetero) is 1. The molecule has 1 rings (SSSR count). The van der Waals surface area contributed by atoms with Crippen LogP contribution in [-0.4, -0.2) is 5.78 Å². The monoisotopic (exact) mass is 180 g/mol. The summed E-state index contributed by atoms with van der Waals surface area (Å²) in [4.78, 5) is 11.1. The van der Waals surface area contributed by atoms with E-state index in [1.807, 2.05) is 0 Å². The molecule has 0 aromatic rings. The Bertz CT molecular complexity index is 205. The van der Waals surface area contributed by atoms with Gasteiger partial charge in [-0.25, -0.2) is 0 Å². The molecule has 1 aliphatic carbocycles. The molecule has 1 aliphatic rings. The molecule has 0 aromatic carbocycles. The SMILES string of the molecule is C=C(C)C1(CCC)CCC(=O)CC1. The van der Waals surface area contributed by atoms with Crippen LogP contribution in [0.15, 0.2) is 12.2 Å². The summed E-state index contributed by atoms with van der Waals surface area (Å²) in [7, 11) is 0. The molecular weight excluding hydrogens is 160 g/mol. The van der Waals surface area contributed by atoms with Crippen molar-refractivity contribution < 1.29 is 4.79 Å². The fourth-order valence-electron chi connectivity index (χ4n) is 2.38. The number of hydrogen-bond acceptors (Lipinski definition) is 1. The van der Waals surface area contributed by atoms with Crippen molar-refractivity contribution in [2.24, 2.45) is 5.41 Å². The standard InChI is InChI=1S/C12H20O/c1-4-7-12(10(2)3)8-5-11(13)6-9-12/h2,4-9H2,1,3H3. The van der Waals surface area contributed by atoms with Gasteiger partial charge in [0.05, 0.1) is 0 Å². The highest BCUT2D eigenvalue weighted by atomic mass is 16.1. The summed E-state index contributed by atoms with van der Waals surface area (Å²) in [5.41, 5.74) is 1.57. The largest absolute Gasteiger partial charge is 0.300 e. The molecule has 0 atom stereocenters. The first kappa shape index (κ1) is 10.5. The lowest BCUT2D eigenvalue weighted by molar-refractivity contribution is -0.122. The highest BCUT2D eigenvalue weighted by Crippen LogP contribution is 2.44. The van der Waals surface area contributed by atoms with E-state index in [2.05, 4.69) is 20.4 Å². The van der Waals surface area contributed by atoms with Crippen LogP contribution in [0.3, 0.4) is 0 Å². The van der Waals surface area contributed by atoms with Crippen LogP contribution in [0.2, 0.25) is 0 Å². The molecule has 1 heteroatoms. The summed E-state index contributed by atoms with van der Waals surface area (Å²) in [6.45, 7) is 8.41. The molecule has 0 amide bonds. The molecule has 74 valence electrons. The Morgan fingerprint density at radius 3 is 2.38 bits per heavy atom. The van der Waals surface area contributed by atoms with Crippen molar-refractivity contribution in [3.63, 3.8) is 0 Å². The summed E-state index contributed by atoms with van der Waals surface area (Å²) >= 11 is 0. The third-order valence-corrected chi connectivity index (χ3v) is 3.40. The average molecular weight is 180 g/mol. The smallest absolute Gasteiger partial charge is 0.132 e. The van der Waals surface area contributed by atoms with Crippen molar-refractivity contribution in [3.8, 4) is 0 Å². The zero-order valence-corrected chi connectivity index (χ0v) is 8.86. The van der Waals surface area contributed by atoms with Gasteiger partial charge in [-0.1, -0.05) is 25.5 Å². The van der Waals surface area contributed by atoms with E-state index in [4.69, 9.17) is 0 Å². The third kappa shape index (κ3) is 2.20. The van der Waals surface area contributed by atoms with Crippen LogP contribution in [0.25, 0.3) is 0 Å². The molecule has 0 unspecified atom stereocenters. The summed E-state index contributed by atoms with van der Waals surface area (Å²) < 4.78 is 0. The van der Waals surface area contributed by atoms with Crippen molar-refractivity contribution in [3.05, 3.63) is 12.2 Å². The number of ketones is 1.